The van der Waals surface area contributed by atoms with E-state index in [9.17, 15) is 14.4 Å². The molecule has 1 N–H and O–H groups in total. The first-order chi connectivity index (χ1) is 11.4. The second-order valence-corrected chi connectivity index (χ2v) is 6.74. The molecular weight excluding hydrogens is 308 g/mol. The third-order valence-corrected chi connectivity index (χ3v) is 5.07. The summed E-state index contributed by atoms with van der Waals surface area (Å²) in [5.74, 6) is 0.581. The quantitative estimate of drug-likeness (QED) is 0.679. The number of imide groups is 1. The van der Waals surface area contributed by atoms with Crippen LogP contribution >= 0.6 is 0 Å². The van der Waals surface area contributed by atoms with Crippen LogP contribution in [0.4, 0.5) is 4.79 Å². The van der Waals surface area contributed by atoms with E-state index in [-0.39, 0.29) is 18.2 Å². The van der Waals surface area contributed by atoms with E-state index in [4.69, 9.17) is 4.74 Å². The van der Waals surface area contributed by atoms with E-state index in [1.165, 1.54) is 7.11 Å². The highest BCUT2D eigenvalue weighted by Gasteiger charge is 2.52. The number of hydrogen-bond acceptors (Lipinski definition) is 4. The summed E-state index contributed by atoms with van der Waals surface area (Å²) in [5, 5.41) is 2.83. The van der Waals surface area contributed by atoms with Gasteiger partial charge in [0, 0.05) is 5.56 Å². The predicted octanol–water partition coefficient (Wildman–Crippen LogP) is 2.38. The van der Waals surface area contributed by atoms with Gasteiger partial charge in [0.25, 0.3) is 5.91 Å². The van der Waals surface area contributed by atoms with E-state index in [1.54, 1.807) is 24.3 Å². The zero-order valence-electron chi connectivity index (χ0n) is 14.0. The van der Waals surface area contributed by atoms with Crippen LogP contribution in [-0.2, 0) is 4.79 Å². The Bertz CT molecular complexity index is 677. The van der Waals surface area contributed by atoms with Crippen LogP contribution in [0.15, 0.2) is 24.3 Å². The van der Waals surface area contributed by atoms with E-state index >= 15 is 0 Å². The molecule has 3 amide bonds. The zero-order valence-corrected chi connectivity index (χ0v) is 14.0. The maximum atomic E-state index is 12.8. The molecule has 24 heavy (non-hydrogen) atoms. The molecule has 1 aromatic rings. The number of nitrogens with zero attached hydrogens (tertiary/aromatic N) is 1. The number of amides is 3. The number of urea groups is 1. The molecule has 128 valence electrons. The summed E-state index contributed by atoms with van der Waals surface area (Å²) >= 11 is 0. The van der Waals surface area contributed by atoms with E-state index in [2.05, 4.69) is 12.2 Å². The van der Waals surface area contributed by atoms with Gasteiger partial charge in [0.15, 0.2) is 5.78 Å². The van der Waals surface area contributed by atoms with E-state index < -0.39 is 11.6 Å². The predicted molar refractivity (Wildman–Crippen MR) is 87.9 cm³/mol. The Morgan fingerprint density at radius 2 is 2.04 bits per heavy atom. The zero-order chi connectivity index (χ0) is 17.3. The van der Waals surface area contributed by atoms with Gasteiger partial charge < -0.3 is 10.1 Å². The summed E-state index contributed by atoms with van der Waals surface area (Å²) in [6, 6.07) is 6.25. The number of carbonyl (C=O) groups is 3. The minimum absolute atomic E-state index is 0.241. The van der Waals surface area contributed by atoms with Crippen molar-refractivity contribution < 1.29 is 19.1 Å². The number of rotatable bonds is 4. The molecule has 1 aliphatic heterocycles. The molecule has 2 fully saturated rings. The second-order valence-electron chi connectivity index (χ2n) is 6.74. The van der Waals surface area contributed by atoms with Crippen LogP contribution in [-0.4, -0.2) is 41.8 Å². The lowest BCUT2D eigenvalue weighted by molar-refractivity contribution is -0.132. The van der Waals surface area contributed by atoms with Gasteiger partial charge in [-0.25, -0.2) is 4.79 Å². The number of ether oxygens (including phenoxy) is 1. The highest BCUT2D eigenvalue weighted by Crippen LogP contribution is 2.36. The largest absolute Gasteiger partial charge is 0.497 e. The Morgan fingerprint density at radius 3 is 2.71 bits per heavy atom. The van der Waals surface area contributed by atoms with Gasteiger partial charge >= 0.3 is 6.03 Å². The van der Waals surface area contributed by atoms with Crippen molar-refractivity contribution >= 4 is 17.7 Å². The molecule has 1 aliphatic carbocycles. The number of Topliss-reactive ketones (excluding diaryl/α,β-unsaturated/α-hetero) is 1. The maximum absolute atomic E-state index is 12.8. The maximum Gasteiger partial charge on any atom is 0.325 e. The van der Waals surface area contributed by atoms with Gasteiger partial charge in [-0.05, 0) is 43.7 Å². The molecule has 1 heterocycles. The average molecular weight is 330 g/mol. The molecule has 1 saturated heterocycles. The SMILES string of the molecule is COc1cccc(C(=O)CN2C(=O)NC3(CCC(C)CC3)C2=O)c1. The molecule has 0 aromatic heterocycles. The Kier molecular flexibility index (Phi) is 4.30. The second kappa shape index (κ2) is 6.26. The van der Waals surface area contributed by atoms with Crippen molar-refractivity contribution in [2.75, 3.05) is 13.7 Å². The van der Waals surface area contributed by atoms with E-state index in [0.717, 1.165) is 17.7 Å². The van der Waals surface area contributed by atoms with Gasteiger partial charge in [-0.3, -0.25) is 14.5 Å². The van der Waals surface area contributed by atoms with Gasteiger partial charge in [0.2, 0.25) is 0 Å². The monoisotopic (exact) mass is 330 g/mol. The van der Waals surface area contributed by atoms with Crippen LogP contribution < -0.4 is 10.1 Å². The molecule has 0 atom stereocenters. The number of carbonyl (C=O) groups excluding carboxylic acids is 3. The minimum atomic E-state index is -0.807. The topological polar surface area (TPSA) is 75.7 Å². The molecule has 6 nitrogen and oxygen atoms in total. The Morgan fingerprint density at radius 1 is 1.33 bits per heavy atom. The first-order valence-corrected chi connectivity index (χ1v) is 8.26. The molecule has 0 bridgehead atoms. The summed E-state index contributed by atoms with van der Waals surface area (Å²) in [7, 11) is 1.52. The van der Waals surface area contributed by atoms with Crippen molar-refractivity contribution in [3.63, 3.8) is 0 Å². The summed E-state index contributed by atoms with van der Waals surface area (Å²) in [6.07, 6.45) is 3.10. The molecule has 0 unspecified atom stereocenters. The highest BCUT2D eigenvalue weighted by molar-refractivity contribution is 6.11. The summed E-state index contributed by atoms with van der Waals surface area (Å²) in [4.78, 5) is 38.5. The lowest BCUT2D eigenvalue weighted by Crippen LogP contribution is -2.49. The summed E-state index contributed by atoms with van der Waals surface area (Å²) in [5.41, 5.74) is -0.383. The lowest BCUT2D eigenvalue weighted by atomic mass is 9.77. The molecule has 1 spiro atoms. The summed E-state index contributed by atoms with van der Waals surface area (Å²) < 4.78 is 5.11. The van der Waals surface area contributed by atoms with Gasteiger partial charge in [-0.2, -0.15) is 0 Å². The van der Waals surface area contributed by atoms with E-state index in [0.29, 0.717) is 30.1 Å². The molecule has 0 radical (unpaired) electrons. The fourth-order valence-electron chi connectivity index (χ4n) is 3.45. The minimum Gasteiger partial charge on any atom is -0.497 e. The number of benzene rings is 1. The number of ketones is 1. The lowest BCUT2D eigenvalue weighted by Gasteiger charge is -2.33. The highest BCUT2D eigenvalue weighted by atomic mass is 16.5. The standard InChI is InChI=1S/C18H22N2O4/c1-12-6-8-18(9-7-12)16(22)20(17(23)19-18)11-15(21)13-4-3-5-14(10-13)24-2/h3-5,10,12H,6-9,11H2,1-2H3,(H,19,23). The Labute approximate surface area is 141 Å². The smallest absolute Gasteiger partial charge is 0.325 e. The third-order valence-electron chi connectivity index (χ3n) is 5.07. The first-order valence-electron chi connectivity index (χ1n) is 8.26. The van der Waals surface area contributed by atoms with Crippen molar-refractivity contribution in [3.8, 4) is 5.75 Å². The van der Waals surface area contributed by atoms with Crippen molar-refractivity contribution in [2.24, 2.45) is 5.92 Å². The number of methoxy groups -OCH3 is 1. The van der Waals surface area contributed by atoms with E-state index in [1.807, 2.05) is 0 Å². The Hall–Kier alpha value is -2.37. The third kappa shape index (κ3) is 2.88. The van der Waals surface area contributed by atoms with Crippen LogP contribution in [0.3, 0.4) is 0 Å². The number of hydrogen-bond donors (Lipinski definition) is 1. The normalized spacial score (nSPS) is 26.6. The van der Waals surface area contributed by atoms with Crippen LogP contribution in [0.2, 0.25) is 0 Å². The average Bonchev–Trinajstić information content (AvgIpc) is 2.82. The van der Waals surface area contributed by atoms with Gasteiger partial charge in [0.1, 0.15) is 11.3 Å². The fourth-order valence-corrected chi connectivity index (χ4v) is 3.45. The molecular formula is C18H22N2O4. The molecule has 1 aromatic carbocycles. The van der Waals surface area contributed by atoms with Crippen LogP contribution in [0.25, 0.3) is 0 Å². The molecule has 2 aliphatic rings. The number of nitrogens with one attached hydrogen (secondary N) is 1. The van der Waals surface area contributed by atoms with Crippen molar-refractivity contribution in [2.45, 2.75) is 38.1 Å². The van der Waals surface area contributed by atoms with Crippen molar-refractivity contribution in [3.05, 3.63) is 29.8 Å². The Balaban J connectivity index is 1.74. The van der Waals surface area contributed by atoms with Crippen LogP contribution in [0.1, 0.15) is 43.0 Å². The van der Waals surface area contributed by atoms with Crippen LogP contribution in [0, 0.1) is 5.92 Å². The van der Waals surface area contributed by atoms with Gasteiger partial charge in [0.05, 0.1) is 13.7 Å². The van der Waals surface area contributed by atoms with Crippen molar-refractivity contribution in [1.82, 2.24) is 10.2 Å². The van der Waals surface area contributed by atoms with Crippen molar-refractivity contribution in [1.29, 1.82) is 0 Å². The first kappa shape index (κ1) is 16.5. The molecule has 3 rings (SSSR count). The summed E-state index contributed by atoms with van der Waals surface area (Å²) in [6.45, 7) is 1.91. The van der Waals surface area contributed by atoms with Gasteiger partial charge in [-0.15, -0.1) is 0 Å². The van der Waals surface area contributed by atoms with Gasteiger partial charge in [-0.1, -0.05) is 19.1 Å². The molecule has 6 heteroatoms. The molecule has 1 saturated carbocycles. The van der Waals surface area contributed by atoms with Crippen LogP contribution in [0.5, 0.6) is 5.75 Å². The fraction of sp³-hybridized carbons (Fsp3) is 0.500.